The van der Waals surface area contributed by atoms with E-state index >= 15 is 0 Å². The van der Waals surface area contributed by atoms with Crippen LogP contribution in [-0.4, -0.2) is 17.7 Å². The number of aliphatic hydroxyl groups is 1. The van der Waals surface area contributed by atoms with Crippen LogP contribution in [0.3, 0.4) is 0 Å². The van der Waals surface area contributed by atoms with Crippen molar-refractivity contribution in [1.82, 2.24) is 5.32 Å². The number of amides is 1. The van der Waals surface area contributed by atoms with Crippen molar-refractivity contribution < 1.29 is 19.0 Å². The minimum absolute atomic E-state index is 0.208. The second kappa shape index (κ2) is 8.70. The maximum atomic E-state index is 13.3. The van der Waals surface area contributed by atoms with Crippen molar-refractivity contribution in [3.8, 4) is 0 Å². The van der Waals surface area contributed by atoms with Gasteiger partial charge in [0.15, 0.2) is 0 Å². The van der Waals surface area contributed by atoms with E-state index < -0.39 is 11.9 Å². The number of hydrogen-bond acceptors (Lipinski definition) is 3. The lowest BCUT2D eigenvalue weighted by Crippen LogP contribution is -2.24. The van der Waals surface area contributed by atoms with Gasteiger partial charge in [0.1, 0.15) is 12.4 Å². The molecule has 0 spiro atoms. The molecule has 23 heavy (non-hydrogen) atoms. The van der Waals surface area contributed by atoms with Crippen molar-refractivity contribution in [2.24, 2.45) is 0 Å². The number of nitrogens with one attached hydrogen (secondary N) is 1. The SMILES string of the molecule is O=C(NCC=Cc1cc(F)cc(CO)c1)OCc1ccccc1. The second-order valence-corrected chi connectivity index (χ2v) is 4.90. The average molecular weight is 315 g/mol. The van der Waals surface area contributed by atoms with E-state index in [9.17, 15) is 9.18 Å². The molecule has 0 saturated carbocycles. The smallest absolute Gasteiger partial charge is 0.407 e. The van der Waals surface area contributed by atoms with Gasteiger partial charge in [0.25, 0.3) is 0 Å². The third-order valence-electron chi connectivity index (χ3n) is 3.05. The van der Waals surface area contributed by atoms with Crippen LogP contribution in [0.2, 0.25) is 0 Å². The third kappa shape index (κ3) is 5.92. The minimum atomic E-state index is -0.520. The summed E-state index contributed by atoms with van der Waals surface area (Å²) in [5.41, 5.74) is 2.03. The summed E-state index contributed by atoms with van der Waals surface area (Å²) in [5, 5.41) is 11.6. The first-order valence-electron chi connectivity index (χ1n) is 7.19. The lowest BCUT2D eigenvalue weighted by Gasteiger charge is -2.05. The molecule has 0 aliphatic rings. The molecular weight excluding hydrogens is 297 g/mol. The van der Waals surface area contributed by atoms with Crippen molar-refractivity contribution in [2.75, 3.05) is 6.54 Å². The molecule has 0 saturated heterocycles. The Morgan fingerprint density at radius 2 is 1.96 bits per heavy atom. The topological polar surface area (TPSA) is 58.6 Å². The van der Waals surface area contributed by atoms with Gasteiger partial charge < -0.3 is 15.2 Å². The highest BCUT2D eigenvalue weighted by Crippen LogP contribution is 2.10. The Morgan fingerprint density at radius 1 is 1.17 bits per heavy atom. The van der Waals surface area contributed by atoms with Gasteiger partial charge in [0.2, 0.25) is 0 Å². The summed E-state index contributed by atoms with van der Waals surface area (Å²) in [6.45, 7) is 0.251. The molecule has 2 N–H and O–H groups in total. The van der Waals surface area contributed by atoms with E-state index in [1.54, 1.807) is 18.2 Å². The Hall–Kier alpha value is -2.66. The molecule has 2 aromatic rings. The fourth-order valence-electron chi connectivity index (χ4n) is 1.97. The van der Waals surface area contributed by atoms with Gasteiger partial charge >= 0.3 is 6.09 Å². The maximum absolute atomic E-state index is 13.3. The monoisotopic (exact) mass is 315 g/mol. The summed E-state index contributed by atoms with van der Waals surface area (Å²) in [4.78, 5) is 11.5. The highest BCUT2D eigenvalue weighted by molar-refractivity contribution is 5.67. The van der Waals surface area contributed by atoms with Crippen molar-refractivity contribution in [2.45, 2.75) is 13.2 Å². The Kier molecular flexibility index (Phi) is 6.32. The van der Waals surface area contributed by atoms with Crippen LogP contribution < -0.4 is 5.32 Å². The van der Waals surface area contributed by atoms with Crippen molar-refractivity contribution in [3.05, 3.63) is 77.1 Å². The molecule has 0 atom stereocenters. The Morgan fingerprint density at radius 3 is 2.70 bits per heavy atom. The Labute approximate surface area is 134 Å². The summed E-state index contributed by atoms with van der Waals surface area (Å²) in [6, 6.07) is 13.7. The van der Waals surface area contributed by atoms with Gasteiger partial charge in [-0.2, -0.15) is 0 Å². The molecule has 0 aliphatic carbocycles. The molecule has 2 rings (SSSR count). The summed E-state index contributed by atoms with van der Waals surface area (Å²) in [5.74, 6) is -0.411. The molecule has 1 amide bonds. The molecule has 0 fully saturated rings. The first-order chi connectivity index (χ1) is 11.2. The van der Waals surface area contributed by atoms with E-state index in [2.05, 4.69) is 5.32 Å². The van der Waals surface area contributed by atoms with Crippen LogP contribution in [0.5, 0.6) is 0 Å². The molecule has 0 aliphatic heterocycles. The number of hydrogen-bond donors (Lipinski definition) is 2. The van der Waals surface area contributed by atoms with Gasteiger partial charge in [0, 0.05) is 6.54 Å². The number of aliphatic hydroxyl groups excluding tert-OH is 1. The zero-order chi connectivity index (χ0) is 16.5. The van der Waals surface area contributed by atoms with Crippen molar-refractivity contribution in [1.29, 1.82) is 0 Å². The lowest BCUT2D eigenvalue weighted by molar-refractivity contribution is 0.141. The number of ether oxygens (including phenoxy) is 1. The molecular formula is C18H18FNO3. The predicted octanol–water partition coefficient (Wildman–Crippen LogP) is 3.26. The molecule has 0 heterocycles. The number of carbonyl (C=O) groups excluding carboxylic acids is 1. The van der Waals surface area contributed by atoms with E-state index in [1.165, 1.54) is 12.1 Å². The number of halogens is 1. The highest BCUT2D eigenvalue weighted by Gasteiger charge is 2.01. The van der Waals surface area contributed by atoms with Gasteiger partial charge in [0.05, 0.1) is 6.61 Å². The normalized spacial score (nSPS) is 10.7. The van der Waals surface area contributed by atoms with Gasteiger partial charge in [-0.3, -0.25) is 0 Å². The molecule has 2 aromatic carbocycles. The number of benzene rings is 2. The minimum Gasteiger partial charge on any atom is -0.445 e. The summed E-state index contributed by atoms with van der Waals surface area (Å²) in [6.07, 6.45) is 2.83. The van der Waals surface area contributed by atoms with Crippen LogP contribution in [0.4, 0.5) is 9.18 Å². The van der Waals surface area contributed by atoms with E-state index in [1.807, 2.05) is 30.3 Å². The fourth-order valence-corrected chi connectivity index (χ4v) is 1.97. The van der Waals surface area contributed by atoms with Crippen LogP contribution in [0, 0.1) is 5.82 Å². The molecule has 4 nitrogen and oxygen atoms in total. The van der Waals surface area contributed by atoms with E-state index in [0.29, 0.717) is 11.1 Å². The largest absolute Gasteiger partial charge is 0.445 e. The summed E-state index contributed by atoms with van der Waals surface area (Å²) in [7, 11) is 0. The summed E-state index contributed by atoms with van der Waals surface area (Å²) >= 11 is 0. The summed E-state index contributed by atoms with van der Waals surface area (Å²) < 4.78 is 18.3. The average Bonchev–Trinajstić information content (AvgIpc) is 2.57. The fraction of sp³-hybridized carbons (Fsp3) is 0.167. The van der Waals surface area contributed by atoms with E-state index in [0.717, 1.165) is 5.56 Å². The second-order valence-electron chi connectivity index (χ2n) is 4.90. The zero-order valence-corrected chi connectivity index (χ0v) is 12.5. The van der Waals surface area contributed by atoms with Crippen molar-refractivity contribution in [3.63, 3.8) is 0 Å². The molecule has 0 aromatic heterocycles. The number of alkyl carbamates (subject to hydrolysis) is 1. The van der Waals surface area contributed by atoms with E-state index in [-0.39, 0.29) is 19.8 Å². The standard InChI is InChI=1S/C18H18FNO3/c19-17-10-15(9-16(11-17)12-21)7-4-8-20-18(22)23-13-14-5-2-1-3-6-14/h1-7,9-11,21H,8,12-13H2,(H,20,22). The van der Waals surface area contributed by atoms with Crippen LogP contribution in [0.15, 0.2) is 54.6 Å². The van der Waals surface area contributed by atoms with Gasteiger partial charge in [-0.15, -0.1) is 0 Å². The highest BCUT2D eigenvalue weighted by atomic mass is 19.1. The Bertz CT molecular complexity index is 671. The maximum Gasteiger partial charge on any atom is 0.407 e. The first-order valence-corrected chi connectivity index (χ1v) is 7.19. The zero-order valence-electron chi connectivity index (χ0n) is 12.5. The Balaban J connectivity index is 1.75. The number of rotatable bonds is 6. The molecule has 5 heteroatoms. The van der Waals surface area contributed by atoms with E-state index in [4.69, 9.17) is 9.84 Å². The number of carbonyl (C=O) groups is 1. The van der Waals surface area contributed by atoms with Gasteiger partial charge in [-0.05, 0) is 34.9 Å². The van der Waals surface area contributed by atoms with Crippen LogP contribution in [0.1, 0.15) is 16.7 Å². The molecule has 0 unspecified atom stereocenters. The predicted molar refractivity (Wildman–Crippen MR) is 86.0 cm³/mol. The molecule has 120 valence electrons. The van der Waals surface area contributed by atoms with Crippen LogP contribution >= 0.6 is 0 Å². The first kappa shape index (κ1) is 16.7. The third-order valence-corrected chi connectivity index (χ3v) is 3.05. The molecule has 0 bridgehead atoms. The van der Waals surface area contributed by atoms with Crippen LogP contribution in [-0.2, 0) is 18.0 Å². The quantitative estimate of drug-likeness (QED) is 0.860. The van der Waals surface area contributed by atoms with Crippen molar-refractivity contribution >= 4 is 12.2 Å². The van der Waals surface area contributed by atoms with Gasteiger partial charge in [-0.1, -0.05) is 42.5 Å². The molecule has 0 radical (unpaired) electrons. The van der Waals surface area contributed by atoms with Gasteiger partial charge in [-0.25, -0.2) is 9.18 Å². The lowest BCUT2D eigenvalue weighted by atomic mass is 10.1. The van der Waals surface area contributed by atoms with Crippen LogP contribution in [0.25, 0.3) is 6.08 Å².